The van der Waals surface area contributed by atoms with E-state index < -0.39 is 6.17 Å². The Hall–Kier alpha value is -2.16. The highest BCUT2D eigenvalue weighted by Crippen LogP contribution is 2.39. The highest BCUT2D eigenvalue weighted by molar-refractivity contribution is 7.98. The third-order valence-electron chi connectivity index (χ3n) is 4.14. The number of benzene rings is 1. The first-order valence-electron chi connectivity index (χ1n) is 7.74. The van der Waals surface area contributed by atoms with Crippen molar-refractivity contribution in [3.63, 3.8) is 0 Å². The minimum Gasteiger partial charge on any atom is -0.291 e. The Morgan fingerprint density at radius 3 is 2.88 bits per heavy atom. The van der Waals surface area contributed by atoms with Crippen molar-refractivity contribution in [1.29, 1.82) is 0 Å². The molecule has 2 aromatic heterocycles. The van der Waals surface area contributed by atoms with Gasteiger partial charge >= 0.3 is 17.4 Å². The van der Waals surface area contributed by atoms with E-state index in [4.69, 9.17) is 11.6 Å². The Kier molecular flexibility index (Phi) is 4.34. The molecule has 1 aromatic carbocycles. The molecule has 0 spiro atoms. The molecule has 0 fully saturated rings. The molecule has 0 radical (unpaired) electrons. The Morgan fingerprint density at radius 1 is 1.42 bits per heavy atom. The quantitative estimate of drug-likeness (QED) is 0.525. The lowest BCUT2D eigenvalue weighted by molar-refractivity contribution is -0.762. The van der Waals surface area contributed by atoms with E-state index in [1.165, 1.54) is 30.0 Å². The number of amides is 1. The van der Waals surface area contributed by atoms with Crippen molar-refractivity contribution < 1.29 is 9.48 Å². The first-order chi connectivity index (χ1) is 12.5. The minimum absolute atomic E-state index is 0.141. The molecule has 0 saturated carbocycles. The summed E-state index contributed by atoms with van der Waals surface area (Å²) in [7, 11) is 0. The van der Waals surface area contributed by atoms with Gasteiger partial charge in [-0.3, -0.25) is 14.6 Å². The third kappa shape index (κ3) is 2.65. The second kappa shape index (κ2) is 6.53. The van der Waals surface area contributed by atoms with Gasteiger partial charge in [0.1, 0.15) is 0 Å². The molecular weight excluding hydrogens is 392 g/mol. The van der Waals surface area contributed by atoms with Gasteiger partial charge in [0.15, 0.2) is 0 Å². The van der Waals surface area contributed by atoms with Gasteiger partial charge in [-0.05, 0) is 40.6 Å². The molecule has 0 saturated heterocycles. The predicted molar refractivity (Wildman–Crippen MR) is 103 cm³/mol. The molecule has 132 valence electrons. The number of aromatic nitrogens is 3. The van der Waals surface area contributed by atoms with Crippen LogP contribution < -0.4 is 15.1 Å². The van der Waals surface area contributed by atoms with Crippen molar-refractivity contribution in [2.24, 2.45) is 0 Å². The van der Waals surface area contributed by atoms with E-state index >= 15 is 0 Å². The summed E-state index contributed by atoms with van der Waals surface area (Å²) >= 11 is 9.02. The zero-order chi connectivity index (χ0) is 18.4. The molecular formula is C17H14ClN4O2S2+. The van der Waals surface area contributed by atoms with Crippen molar-refractivity contribution in [2.75, 3.05) is 11.2 Å². The smallest absolute Gasteiger partial charge is 0.291 e. The van der Waals surface area contributed by atoms with Crippen LogP contribution in [0.25, 0.3) is 11.3 Å². The van der Waals surface area contributed by atoms with E-state index in [1.807, 2.05) is 23.8 Å². The van der Waals surface area contributed by atoms with E-state index in [0.717, 1.165) is 4.88 Å². The SMILES string of the molecule is CSc1n[n+]2c(c(=O)[nH]1)-c1cc(Cl)ccc1N(C(C)=O)C2c1cccs1. The molecule has 9 heteroatoms. The maximum atomic E-state index is 12.8. The molecule has 1 aliphatic heterocycles. The zero-order valence-corrected chi connectivity index (χ0v) is 16.3. The summed E-state index contributed by atoms with van der Waals surface area (Å²) in [5.74, 6) is -0.141. The number of nitrogens with zero attached hydrogens (tertiary/aromatic N) is 3. The van der Waals surface area contributed by atoms with E-state index in [2.05, 4.69) is 10.1 Å². The molecule has 0 bridgehead atoms. The van der Waals surface area contributed by atoms with Gasteiger partial charge in [0.25, 0.3) is 0 Å². The lowest BCUT2D eigenvalue weighted by Crippen LogP contribution is -2.60. The number of thiophene rings is 1. The molecule has 1 amide bonds. The van der Waals surface area contributed by atoms with E-state index in [-0.39, 0.29) is 11.5 Å². The number of H-pyrrole nitrogens is 1. The molecule has 6 nitrogen and oxygen atoms in total. The fourth-order valence-electron chi connectivity index (χ4n) is 3.12. The number of fused-ring (bicyclic) bond motifs is 3. The number of rotatable bonds is 2. The second-order valence-corrected chi connectivity index (χ2v) is 7.91. The van der Waals surface area contributed by atoms with Crippen LogP contribution in [0.1, 0.15) is 18.0 Å². The van der Waals surface area contributed by atoms with Gasteiger partial charge in [-0.2, -0.15) is 0 Å². The van der Waals surface area contributed by atoms with Crippen molar-refractivity contribution in [1.82, 2.24) is 10.1 Å². The molecule has 3 aromatic rings. The largest absolute Gasteiger partial charge is 0.325 e. The molecule has 1 atom stereocenters. The number of carbonyl (C=O) groups is 1. The van der Waals surface area contributed by atoms with Gasteiger partial charge in [0.05, 0.1) is 16.1 Å². The summed E-state index contributed by atoms with van der Waals surface area (Å²) in [6.07, 6.45) is 1.31. The van der Waals surface area contributed by atoms with Crippen molar-refractivity contribution in [2.45, 2.75) is 18.2 Å². The van der Waals surface area contributed by atoms with Gasteiger partial charge < -0.3 is 0 Å². The second-order valence-electron chi connectivity index (χ2n) is 5.70. The van der Waals surface area contributed by atoms with Gasteiger partial charge in [0, 0.05) is 17.0 Å². The van der Waals surface area contributed by atoms with E-state index in [0.29, 0.717) is 27.1 Å². The Morgan fingerprint density at radius 2 is 2.23 bits per heavy atom. The van der Waals surface area contributed by atoms with Crippen molar-refractivity contribution >= 4 is 46.3 Å². The van der Waals surface area contributed by atoms with Gasteiger partial charge in [-0.1, -0.05) is 29.4 Å². The van der Waals surface area contributed by atoms with Crippen molar-refractivity contribution in [3.05, 3.63) is 56.0 Å². The van der Waals surface area contributed by atoms with Crippen LogP contribution >= 0.6 is 34.7 Å². The lowest BCUT2D eigenvalue weighted by atomic mass is 10.0. The molecule has 0 aliphatic carbocycles. The average Bonchev–Trinajstić information content (AvgIpc) is 3.13. The van der Waals surface area contributed by atoms with E-state index in [1.54, 1.807) is 27.8 Å². The summed E-state index contributed by atoms with van der Waals surface area (Å²) in [5.41, 5.74) is 1.35. The average molecular weight is 406 g/mol. The first-order valence-corrected chi connectivity index (χ1v) is 10.2. The topological polar surface area (TPSA) is 69.9 Å². The van der Waals surface area contributed by atoms with Crippen LogP contribution in [0.3, 0.4) is 0 Å². The van der Waals surface area contributed by atoms with Crippen LogP contribution in [-0.2, 0) is 4.79 Å². The summed E-state index contributed by atoms with van der Waals surface area (Å²) in [5, 5.41) is 7.49. The lowest BCUT2D eigenvalue weighted by Gasteiger charge is -2.30. The molecule has 1 N–H and O–H groups in total. The maximum absolute atomic E-state index is 12.8. The summed E-state index contributed by atoms with van der Waals surface area (Å²) in [6.45, 7) is 1.51. The normalized spacial score (nSPS) is 15.5. The fourth-order valence-corrected chi connectivity index (χ4v) is 4.46. The molecule has 3 heterocycles. The zero-order valence-electron chi connectivity index (χ0n) is 13.9. The standard InChI is InChI=1S/C17H13ClN4O2S2/c1-9(23)21-12-6-5-10(18)8-11(12)14-15(24)19-17(25-2)20-22(14)16(21)13-4-3-7-26-13/h3-8,16H,1-2H3/p+1. The van der Waals surface area contributed by atoms with Crippen LogP contribution in [0.15, 0.2) is 45.7 Å². The Bertz CT molecular complexity index is 1070. The number of anilines is 1. The Labute approximate surface area is 162 Å². The number of halogens is 1. The van der Waals surface area contributed by atoms with Gasteiger partial charge in [0.2, 0.25) is 11.1 Å². The highest BCUT2D eigenvalue weighted by atomic mass is 35.5. The van der Waals surface area contributed by atoms with Crippen LogP contribution in [0, 0.1) is 0 Å². The number of nitrogens with one attached hydrogen (secondary N) is 1. The van der Waals surface area contributed by atoms with Crippen LogP contribution in [0.5, 0.6) is 0 Å². The number of hydrogen-bond donors (Lipinski definition) is 1. The minimum atomic E-state index is -0.524. The van der Waals surface area contributed by atoms with Crippen LogP contribution in [0.4, 0.5) is 5.69 Å². The molecule has 4 rings (SSSR count). The summed E-state index contributed by atoms with van der Waals surface area (Å²) in [4.78, 5) is 30.8. The molecule has 1 unspecified atom stereocenters. The highest BCUT2D eigenvalue weighted by Gasteiger charge is 2.45. The fraction of sp³-hybridized carbons (Fsp3) is 0.176. The Balaban J connectivity index is 2.12. The predicted octanol–water partition coefficient (Wildman–Crippen LogP) is 3.07. The van der Waals surface area contributed by atoms with E-state index in [9.17, 15) is 9.59 Å². The van der Waals surface area contributed by atoms with Crippen LogP contribution in [-0.4, -0.2) is 22.2 Å². The number of carbonyl (C=O) groups excluding carboxylic acids is 1. The number of thioether (sulfide) groups is 1. The summed E-state index contributed by atoms with van der Waals surface area (Å²) < 4.78 is 1.62. The first kappa shape index (κ1) is 17.3. The van der Waals surface area contributed by atoms with Crippen LogP contribution in [0.2, 0.25) is 5.02 Å². The maximum Gasteiger partial charge on any atom is 0.325 e. The van der Waals surface area contributed by atoms with Crippen molar-refractivity contribution in [3.8, 4) is 11.3 Å². The molecule has 1 aliphatic rings. The third-order valence-corrected chi connectivity index (χ3v) is 5.86. The number of aromatic amines is 1. The van der Waals surface area contributed by atoms with Gasteiger partial charge in [-0.25, -0.2) is 4.90 Å². The van der Waals surface area contributed by atoms with Gasteiger partial charge in [-0.15, -0.1) is 11.3 Å². The summed E-state index contributed by atoms with van der Waals surface area (Å²) in [6, 6.07) is 9.03. The number of hydrogen-bond acceptors (Lipinski definition) is 5. The monoisotopic (exact) mass is 405 g/mol. The molecule has 26 heavy (non-hydrogen) atoms.